The van der Waals surface area contributed by atoms with Crippen molar-refractivity contribution in [3.05, 3.63) is 84.2 Å². The van der Waals surface area contributed by atoms with Gasteiger partial charge in [-0.2, -0.15) is 0 Å². The molecule has 1 amide bonds. The van der Waals surface area contributed by atoms with Gasteiger partial charge in [0.05, 0.1) is 0 Å². The van der Waals surface area contributed by atoms with E-state index in [0.29, 0.717) is 5.69 Å². The van der Waals surface area contributed by atoms with Crippen molar-refractivity contribution in [2.24, 2.45) is 0 Å². The third-order valence-corrected chi connectivity index (χ3v) is 4.70. The molecule has 1 aromatic heterocycles. The van der Waals surface area contributed by atoms with Crippen LogP contribution in [0.5, 0.6) is 11.5 Å². The van der Waals surface area contributed by atoms with Crippen molar-refractivity contribution < 1.29 is 14.6 Å². The van der Waals surface area contributed by atoms with Crippen molar-refractivity contribution in [2.75, 3.05) is 5.32 Å². The van der Waals surface area contributed by atoms with Crippen LogP contribution >= 0.6 is 0 Å². The van der Waals surface area contributed by atoms with Crippen molar-refractivity contribution in [2.45, 2.75) is 19.4 Å². The first-order valence-electron chi connectivity index (χ1n) is 9.64. The summed E-state index contributed by atoms with van der Waals surface area (Å²) in [6, 6.07) is 14.2. The lowest BCUT2D eigenvalue weighted by Gasteiger charge is -2.30. The number of phenols is 1. The quantitative estimate of drug-likeness (QED) is 0.463. The molecule has 0 bridgehead atoms. The Morgan fingerprint density at radius 1 is 1.17 bits per heavy atom. The second kappa shape index (κ2) is 7.87. The number of aromatic hydroxyl groups is 1. The summed E-state index contributed by atoms with van der Waals surface area (Å²) in [6.07, 6.45) is 10.9. The molecule has 2 aromatic carbocycles. The molecule has 2 heterocycles. The number of amides is 1. The highest BCUT2D eigenvalue weighted by atomic mass is 16.5. The SMILES string of the molecule is CC1(C)C=Cc2cc(/C=C/C(=O)Nc3ccc(O)cc3)cc(-c3cccnc3)c2O1. The summed E-state index contributed by atoms with van der Waals surface area (Å²) in [5.74, 6) is 0.703. The lowest BCUT2D eigenvalue weighted by atomic mass is 9.94. The number of nitrogens with one attached hydrogen (secondary N) is 1. The van der Waals surface area contributed by atoms with Gasteiger partial charge in [-0.05, 0) is 74.0 Å². The first-order valence-corrected chi connectivity index (χ1v) is 9.64. The Balaban J connectivity index is 1.65. The van der Waals surface area contributed by atoms with Crippen LogP contribution in [0.3, 0.4) is 0 Å². The van der Waals surface area contributed by atoms with Gasteiger partial charge in [0, 0.05) is 40.8 Å². The Morgan fingerprint density at radius 3 is 2.70 bits per heavy atom. The molecule has 5 heteroatoms. The fraction of sp³-hybridized carbons (Fsp3) is 0.120. The van der Waals surface area contributed by atoms with Crippen LogP contribution in [0.1, 0.15) is 25.0 Å². The summed E-state index contributed by atoms with van der Waals surface area (Å²) >= 11 is 0. The molecule has 0 saturated carbocycles. The van der Waals surface area contributed by atoms with Crippen molar-refractivity contribution in [3.8, 4) is 22.6 Å². The molecule has 4 rings (SSSR count). The number of hydrogen-bond donors (Lipinski definition) is 2. The fourth-order valence-electron chi connectivity index (χ4n) is 3.23. The first-order chi connectivity index (χ1) is 14.4. The van der Waals surface area contributed by atoms with Crippen LogP contribution in [0.15, 0.2) is 73.1 Å². The van der Waals surface area contributed by atoms with Crippen LogP contribution in [-0.4, -0.2) is 21.6 Å². The second-order valence-electron chi connectivity index (χ2n) is 7.64. The topological polar surface area (TPSA) is 71.5 Å². The Bertz CT molecular complexity index is 1130. The van der Waals surface area contributed by atoms with Gasteiger partial charge in [-0.3, -0.25) is 9.78 Å². The molecular formula is C25H22N2O3. The molecule has 1 aliphatic rings. The number of nitrogens with zero attached hydrogens (tertiary/aromatic N) is 1. The summed E-state index contributed by atoms with van der Waals surface area (Å²) < 4.78 is 6.24. The fourth-order valence-corrected chi connectivity index (χ4v) is 3.23. The molecule has 3 aromatic rings. The Kier molecular flexibility index (Phi) is 5.11. The molecule has 1 aliphatic heterocycles. The molecule has 0 radical (unpaired) electrons. The minimum absolute atomic E-state index is 0.152. The first kappa shape index (κ1) is 19.5. The molecule has 0 saturated heterocycles. The van der Waals surface area contributed by atoms with E-state index in [4.69, 9.17) is 4.74 Å². The largest absolute Gasteiger partial charge is 0.508 e. The summed E-state index contributed by atoms with van der Waals surface area (Å²) in [5, 5.41) is 12.1. The molecule has 30 heavy (non-hydrogen) atoms. The summed E-state index contributed by atoms with van der Waals surface area (Å²) in [7, 11) is 0. The highest BCUT2D eigenvalue weighted by Gasteiger charge is 2.24. The number of ether oxygens (including phenoxy) is 1. The van der Waals surface area contributed by atoms with Gasteiger partial charge >= 0.3 is 0 Å². The molecule has 0 aliphatic carbocycles. The minimum Gasteiger partial charge on any atom is -0.508 e. The third kappa shape index (κ3) is 4.41. The highest BCUT2D eigenvalue weighted by molar-refractivity contribution is 6.02. The number of anilines is 1. The van der Waals surface area contributed by atoms with E-state index in [9.17, 15) is 9.90 Å². The van der Waals surface area contributed by atoms with Gasteiger partial charge in [0.2, 0.25) is 5.91 Å². The minimum atomic E-state index is -0.398. The van der Waals surface area contributed by atoms with Crippen LogP contribution in [0.2, 0.25) is 0 Å². The average molecular weight is 398 g/mol. The smallest absolute Gasteiger partial charge is 0.248 e. The lowest BCUT2D eigenvalue weighted by Crippen LogP contribution is -2.27. The maximum atomic E-state index is 12.3. The predicted octanol–water partition coefficient (Wildman–Crippen LogP) is 5.29. The summed E-state index contributed by atoms with van der Waals surface area (Å²) in [5.41, 5.74) is 3.92. The predicted molar refractivity (Wildman–Crippen MR) is 119 cm³/mol. The van der Waals surface area contributed by atoms with E-state index >= 15 is 0 Å². The number of aromatic nitrogens is 1. The van der Waals surface area contributed by atoms with Gasteiger partial charge in [-0.25, -0.2) is 0 Å². The number of phenolic OH excluding ortho intramolecular Hbond substituents is 1. The number of pyridine rings is 1. The maximum Gasteiger partial charge on any atom is 0.248 e. The Hall–Kier alpha value is -3.86. The Labute approximate surface area is 175 Å². The number of rotatable bonds is 4. The van der Waals surface area contributed by atoms with Crippen LogP contribution in [0.4, 0.5) is 5.69 Å². The number of hydrogen-bond acceptors (Lipinski definition) is 4. The zero-order chi connectivity index (χ0) is 21.1. The molecule has 5 nitrogen and oxygen atoms in total. The van der Waals surface area contributed by atoms with E-state index < -0.39 is 5.60 Å². The second-order valence-corrected chi connectivity index (χ2v) is 7.64. The number of carbonyl (C=O) groups is 1. The standard InChI is InChI=1S/C25H22N2O3/c1-25(2)12-11-18-14-17(5-10-23(29)27-20-6-8-21(28)9-7-20)15-22(24(18)30-25)19-4-3-13-26-16-19/h3-16,28H,1-2H3,(H,27,29)/b10-5+. The zero-order valence-corrected chi connectivity index (χ0v) is 16.8. The van der Waals surface area contributed by atoms with E-state index in [1.165, 1.54) is 18.2 Å². The number of fused-ring (bicyclic) bond motifs is 1. The van der Waals surface area contributed by atoms with Crippen molar-refractivity contribution >= 4 is 23.7 Å². The molecule has 0 atom stereocenters. The van der Waals surface area contributed by atoms with Crippen molar-refractivity contribution in [3.63, 3.8) is 0 Å². The number of carbonyl (C=O) groups excluding carboxylic acids is 1. The van der Waals surface area contributed by atoms with Crippen molar-refractivity contribution in [1.82, 2.24) is 4.98 Å². The normalized spacial score (nSPS) is 14.2. The van der Waals surface area contributed by atoms with E-state index in [0.717, 1.165) is 28.0 Å². The van der Waals surface area contributed by atoms with Gasteiger partial charge in [-0.15, -0.1) is 0 Å². The van der Waals surface area contributed by atoms with E-state index in [1.54, 1.807) is 30.6 Å². The van der Waals surface area contributed by atoms with Gasteiger partial charge in [-0.1, -0.05) is 12.1 Å². The number of benzene rings is 2. The highest BCUT2D eigenvalue weighted by Crippen LogP contribution is 2.40. The van der Waals surface area contributed by atoms with Gasteiger partial charge < -0.3 is 15.2 Å². The van der Waals surface area contributed by atoms with Crippen LogP contribution in [0, 0.1) is 0 Å². The zero-order valence-electron chi connectivity index (χ0n) is 16.8. The van der Waals surface area contributed by atoms with E-state index in [-0.39, 0.29) is 11.7 Å². The molecular weight excluding hydrogens is 376 g/mol. The molecule has 2 N–H and O–H groups in total. The lowest BCUT2D eigenvalue weighted by molar-refractivity contribution is -0.111. The molecule has 0 fully saturated rings. The van der Waals surface area contributed by atoms with Crippen LogP contribution in [-0.2, 0) is 4.79 Å². The van der Waals surface area contributed by atoms with Crippen LogP contribution in [0.25, 0.3) is 23.3 Å². The van der Waals surface area contributed by atoms with E-state index in [1.807, 2.05) is 50.3 Å². The maximum absolute atomic E-state index is 12.3. The average Bonchev–Trinajstić information content (AvgIpc) is 2.74. The Morgan fingerprint density at radius 2 is 1.97 bits per heavy atom. The molecule has 150 valence electrons. The third-order valence-electron chi connectivity index (χ3n) is 4.70. The molecule has 0 spiro atoms. The van der Waals surface area contributed by atoms with Crippen LogP contribution < -0.4 is 10.1 Å². The van der Waals surface area contributed by atoms with E-state index in [2.05, 4.69) is 10.3 Å². The van der Waals surface area contributed by atoms with Crippen molar-refractivity contribution in [1.29, 1.82) is 0 Å². The van der Waals surface area contributed by atoms with Gasteiger partial charge in [0.1, 0.15) is 17.1 Å². The summed E-state index contributed by atoms with van der Waals surface area (Å²) in [4.78, 5) is 16.5. The van der Waals surface area contributed by atoms with Gasteiger partial charge in [0.25, 0.3) is 0 Å². The summed E-state index contributed by atoms with van der Waals surface area (Å²) in [6.45, 7) is 4.03. The monoisotopic (exact) mass is 398 g/mol. The molecule has 0 unspecified atom stereocenters. The van der Waals surface area contributed by atoms with Gasteiger partial charge in [0.15, 0.2) is 0 Å².